The number of nitrogens with one attached hydrogen (secondary N) is 2. The van der Waals surface area contributed by atoms with E-state index >= 15 is 0 Å². The Hall–Kier alpha value is -0.950. The molecule has 0 aliphatic carbocycles. The summed E-state index contributed by atoms with van der Waals surface area (Å²) in [5, 5.41) is 5.79. The molecule has 0 heterocycles. The highest BCUT2D eigenvalue weighted by Crippen LogP contribution is 1.81. The highest BCUT2D eigenvalue weighted by molar-refractivity contribution is 5.86. The second kappa shape index (κ2) is 15.1. The van der Waals surface area contributed by atoms with Crippen molar-refractivity contribution in [2.75, 3.05) is 59.3 Å². The molecule has 112 valence electrons. The van der Waals surface area contributed by atoms with Gasteiger partial charge in [0, 0.05) is 13.1 Å². The van der Waals surface area contributed by atoms with Crippen LogP contribution in [0.4, 0.5) is 0 Å². The molecule has 0 aromatic carbocycles. The van der Waals surface area contributed by atoms with Crippen molar-refractivity contribution < 1.29 is 19.0 Å². The largest absolute Gasteiger partial charge is 0.378 e. The van der Waals surface area contributed by atoms with Crippen molar-refractivity contribution in [2.24, 2.45) is 0 Å². The molecule has 0 saturated carbocycles. The summed E-state index contributed by atoms with van der Waals surface area (Å²) in [6, 6.07) is 0. The third kappa shape index (κ3) is 15.0. The van der Waals surface area contributed by atoms with Gasteiger partial charge in [-0.1, -0.05) is 13.5 Å². The number of amides is 1. The van der Waals surface area contributed by atoms with Gasteiger partial charge < -0.3 is 24.8 Å². The zero-order valence-corrected chi connectivity index (χ0v) is 11.8. The lowest BCUT2D eigenvalue weighted by Gasteiger charge is -2.07. The van der Waals surface area contributed by atoms with Crippen LogP contribution in [0.1, 0.15) is 6.92 Å². The molecule has 0 radical (unpaired) electrons. The Balaban J connectivity index is 2.99. The van der Waals surface area contributed by atoms with Gasteiger partial charge in [0.05, 0.1) is 39.6 Å². The molecule has 0 fully saturated rings. The maximum absolute atomic E-state index is 10.8. The summed E-state index contributed by atoms with van der Waals surface area (Å²) in [7, 11) is 0. The number of carbonyl (C=O) groups excluding carboxylic acids is 1. The first kappa shape index (κ1) is 18.0. The van der Waals surface area contributed by atoms with Crippen LogP contribution in [0.2, 0.25) is 0 Å². The fraction of sp³-hybridized carbons (Fsp3) is 0.769. The molecule has 0 unspecified atom stereocenters. The fourth-order valence-corrected chi connectivity index (χ4v) is 1.18. The first-order valence-corrected chi connectivity index (χ1v) is 6.65. The maximum atomic E-state index is 10.8. The van der Waals surface area contributed by atoms with Crippen LogP contribution in [0.5, 0.6) is 0 Å². The minimum atomic E-state index is -0.186. The minimum absolute atomic E-state index is 0.186. The topological polar surface area (TPSA) is 68.8 Å². The summed E-state index contributed by atoms with van der Waals surface area (Å²) in [4.78, 5) is 10.8. The molecular weight excluding hydrogens is 248 g/mol. The van der Waals surface area contributed by atoms with E-state index in [2.05, 4.69) is 24.1 Å². The predicted molar refractivity (Wildman–Crippen MR) is 74.2 cm³/mol. The highest BCUT2D eigenvalue weighted by atomic mass is 16.5. The zero-order chi connectivity index (χ0) is 14.2. The Labute approximate surface area is 115 Å². The summed E-state index contributed by atoms with van der Waals surface area (Å²) >= 11 is 0. The average molecular weight is 274 g/mol. The number of ether oxygens (including phenoxy) is 3. The zero-order valence-electron chi connectivity index (χ0n) is 11.8. The third-order valence-electron chi connectivity index (χ3n) is 2.15. The van der Waals surface area contributed by atoms with Crippen LogP contribution in [0.3, 0.4) is 0 Å². The smallest absolute Gasteiger partial charge is 0.243 e. The van der Waals surface area contributed by atoms with Gasteiger partial charge in [0.15, 0.2) is 0 Å². The molecule has 0 rings (SSSR count). The van der Waals surface area contributed by atoms with E-state index in [1.165, 1.54) is 6.08 Å². The van der Waals surface area contributed by atoms with Crippen molar-refractivity contribution in [1.29, 1.82) is 0 Å². The van der Waals surface area contributed by atoms with Gasteiger partial charge in [0.1, 0.15) is 0 Å². The lowest BCUT2D eigenvalue weighted by molar-refractivity contribution is -0.116. The van der Waals surface area contributed by atoms with Crippen molar-refractivity contribution in [3.63, 3.8) is 0 Å². The van der Waals surface area contributed by atoms with Gasteiger partial charge >= 0.3 is 0 Å². The lowest BCUT2D eigenvalue weighted by Crippen LogP contribution is -2.25. The van der Waals surface area contributed by atoms with Gasteiger partial charge in [-0.2, -0.15) is 0 Å². The van der Waals surface area contributed by atoms with Crippen molar-refractivity contribution >= 4 is 5.91 Å². The molecule has 2 N–H and O–H groups in total. The summed E-state index contributed by atoms with van der Waals surface area (Å²) < 4.78 is 15.9. The van der Waals surface area contributed by atoms with E-state index in [9.17, 15) is 4.79 Å². The monoisotopic (exact) mass is 274 g/mol. The van der Waals surface area contributed by atoms with E-state index in [4.69, 9.17) is 14.2 Å². The Bertz CT molecular complexity index is 225. The molecule has 0 saturated heterocycles. The van der Waals surface area contributed by atoms with Gasteiger partial charge in [-0.15, -0.1) is 0 Å². The standard InChI is InChI=1S/C13H26N2O4/c1-3-13(16)15-6-8-18-10-12-19-11-9-17-7-5-14-4-2/h3,14H,1,4-12H2,2H3,(H,15,16). The molecule has 0 aromatic rings. The summed E-state index contributed by atoms with van der Waals surface area (Å²) in [5.41, 5.74) is 0. The molecule has 0 atom stereocenters. The van der Waals surface area contributed by atoms with Crippen molar-refractivity contribution in [2.45, 2.75) is 6.92 Å². The van der Waals surface area contributed by atoms with E-state index in [1.54, 1.807) is 0 Å². The summed E-state index contributed by atoms with van der Waals surface area (Å²) in [5.74, 6) is -0.186. The van der Waals surface area contributed by atoms with Crippen molar-refractivity contribution in [1.82, 2.24) is 10.6 Å². The highest BCUT2D eigenvalue weighted by Gasteiger charge is 1.94. The molecule has 1 amide bonds. The molecule has 0 spiro atoms. The van der Waals surface area contributed by atoms with Crippen LogP contribution >= 0.6 is 0 Å². The van der Waals surface area contributed by atoms with Crippen LogP contribution in [0.15, 0.2) is 12.7 Å². The van der Waals surface area contributed by atoms with Gasteiger partial charge in [-0.3, -0.25) is 4.79 Å². The molecule has 0 bridgehead atoms. The third-order valence-corrected chi connectivity index (χ3v) is 2.15. The second-order valence-electron chi connectivity index (χ2n) is 3.69. The van der Waals surface area contributed by atoms with Gasteiger partial charge in [0.2, 0.25) is 5.91 Å². The molecule has 19 heavy (non-hydrogen) atoms. The summed E-state index contributed by atoms with van der Waals surface area (Å²) in [6.07, 6.45) is 1.24. The molecule has 6 heteroatoms. The van der Waals surface area contributed by atoms with E-state index < -0.39 is 0 Å². The number of carbonyl (C=O) groups is 1. The first-order valence-electron chi connectivity index (χ1n) is 6.65. The Morgan fingerprint density at radius 1 is 1.00 bits per heavy atom. The first-order chi connectivity index (χ1) is 9.31. The van der Waals surface area contributed by atoms with Crippen LogP contribution in [-0.4, -0.2) is 65.2 Å². The predicted octanol–water partition coefficient (Wildman–Crippen LogP) is -0.0521. The fourth-order valence-electron chi connectivity index (χ4n) is 1.18. The SMILES string of the molecule is C=CC(=O)NCCOCCOCCOCCNCC. The number of hydrogen-bond acceptors (Lipinski definition) is 5. The van der Waals surface area contributed by atoms with Gasteiger partial charge in [-0.05, 0) is 12.6 Å². The number of rotatable bonds is 14. The quantitative estimate of drug-likeness (QED) is 0.343. The lowest BCUT2D eigenvalue weighted by atomic mass is 10.5. The van der Waals surface area contributed by atoms with E-state index in [1.807, 2.05) is 0 Å². The van der Waals surface area contributed by atoms with Crippen LogP contribution in [-0.2, 0) is 19.0 Å². The maximum Gasteiger partial charge on any atom is 0.243 e. The number of hydrogen-bond donors (Lipinski definition) is 2. The Morgan fingerprint density at radius 2 is 1.53 bits per heavy atom. The van der Waals surface area contributed by atoms with E-state index in [0.29, 0.717) is 46.2 Å². The molecule has 6 nitrogen and oxygen atoms in total. The second-order valence-corrected chi connectivity index (χ2v) is 3.69. The van der Waals surface area contributed by atoms with E-state index in [0.717, 1.165) is 13.1 Å². The van der Waals surface area contributed by atoms with Crippen LogP contribution in [0.25, 0.3) is 0 Å². The number of likely N-dealkylation sites (N-methyl/N-ethyl adjacent to an activating group) is 1. The average Bonchev–Trinajstić information content (AvgIpc) is 2.43. The Kier molecular flexibility index (Phi) is 14.4. The van der Waals surface area contributed by atoms with Gasteiger partial charge in [0.25, 0.3) is 0 Å². The molecule has 0 aromatic heterocycles. The van der Waals surface area contributed by atoms with Crippen molar-refractivity contribution in [3.8, 4) is 0 Å². The van der Waals surface area contributed by atoms with Gasteiger partial charge in [-0.25, -0.2) is 0 Å². The minimum Gasteiger partial charge on any atom is -0.378 e. The van der Waals surface area contributed by atoms with Crippen molar-refractivity contribution in [3.05, 3.63) is 12.7 Å². The van der Waals surface area contributed by atoms with Crippen LogP contribution < -0.4 is 10.6 Å². The Morgan fingerprint density at radius 3 is 2.05 bits per heavy atom. The van der Waals surface area contributed by atoms with Crippen LogP contribution in [0, 0.1) is 0 Å². The molecular formula is C13H26N2O4. The molecule has 0 aliphatic heterocycles. The summed E-state index contributed by atoms with van der Waals surface area (Å²) in [6.45, 7) is 11.1. The molecule has 0 aliphatic rings. The van der Waals surface area contributed by atoms with E-state index in [-0.39, 0.29) is 5.91 Å². The normalized spacial score (nSPS) is 10.4.